The lowest BCUT2D eigenvalue weighted by Crippen LogP contribution is -2.04. The Kier molecular flexibility index (Phi) is 4.06. The number of pyridine rings is 1. The van der Waals surface area contributed by atoms with Gasteiger partial charge >= 0.3 is 0 Å². The predicted octanol–water partition coefficient (Wildman–Crippen LogP) is 5.46. The van der Waals surface area contributed by atoms with Gasteiger partial charge in [-0.2, -0.15) is 0 Å². The molecule has 0 spiro atoms. The van der Waals surface area contributed by atoms with E-state index < -0.39 is 0 Å². The molecule has 4 heteroatoms. The number of hydrogen-bond acceptors (Lipinski definition) is 3. The topological polar surface area (TPSA) is 53.1 Å². The van der Waals surface area contributed by atoms with Crippen molar-refractivity contribution >= 4 is 32.3 Å². The van der Waals surface area contributed by atoms with E-state index in [1.807, 2.05) is 18.2 Å². The van der Waals surface area contributed by atoms with Gasteiger partial charge in [-0.25, -0.2) is 0 Å². The number of aromatic amines is 1. The lowest BCUT2D eigenvalue weighted by Gasteiger charge is -2.07. The molecular formula is C21H19NO2S. The molecule has 0 amide bonds. The zero-order valence-electron chi connectivity index (χ0n) is 14.0. The number of hydrogen-bond donors (Lipinski definition) is 2. The van der Waals surface area contributed by atoms with Crippen LogP contribution in [0.2, 0.25) is 0 Å². The number of benzene rings is 2. The number of H-pyrrole nitrogens is 1. The van der Waals surface area contributed by atoms with E-state index >= 15 is 0 Å². The van der Waals surface area contributed by atoms with E-state index in [-0.39, 0.29) is 11.3 Å². The maximum Gasteiger partial charge on any atom is 0.266 e. The Hall–Kier alpha value is -2.59. The van der Waals surface area contributed by atoms with Crippen molar-refractivity contribution in [2.45, 2.75) is 26.2 Å². The van der Waals surface area contributed by atoms with Crippen molar-refractivity contribution in [2.24, 2.45) is 0 Å². The van der Waals surface area contributed by atoms with Crippen LogP contribution in [-0.2, 0) is 6.42 Å². The van der Waals surface area contributed by atoms with Gasteiger partial charge in [0.15, 0.2) is 0 Å². The summed E-state index contributed by atoms with van der Waals surface area (Å²) < 4.78 is 0.739. The summed E-state index contributed by atoms with van der Waals surface area (Å²) in [5.41, 5.74) is 3.07. The summed E-state index contributed by atoms with van der Waals surface area (Å²) in [7, 11) is 0. The van der Waals surface area contributed by atoms with E-state index in [0.29, 0.717) is 0 Å². The van der Waals surface area contributed by atoms with Gasteiger partial charge in [0.2, 0.25) is 0 Å². The number of fused-ring (bicyclic) bond motifs is 3. The Balaban J connectivity index is 2.13. The molecule has 0 saturated carbocycles. The molecule has 3 nitrogen and oxygen atoms in total. The van der Waals surface area contributed by atoms with Crippen molar-refractivity contribution in [1.29, 1.82) is 0 Å². The molecule has 0 fully saturated rings. The first-order valence-corrected chi connectivity index (χ1v) is 9.36. The Bertz CT molecular complexity index is 1110. The summed E-state index contributed by atoms with van der Waals surface area (Å²) in [5, 5.41) is 11.9. The van der Waals surface area contributed by atoms with Crippen molar-refractivity contribution in [3.05, 3.63) is 64.4 Å². The summed E-state index contributed by atoms with van der Waals surface area (Å²) in [6.07, 6.45) is 3.09. The Labute approximate surface area is 149 Å². The predicted molar refractivity (Wildman–Crippen MR) is 106 cm³/mol. The fourth-order valence-electron chi connectivity index (χ4n) is 3.35. The van der Waals surface area contributed by atoms with Crippen LogP contribution in [0.5, 0.6) is 5.75 Å². The number of aromatic nitrogens is 1. The molecule has 0 saturated heterocycles. The zero-order chi connectivity index (χ0) is 17.4. The van der Waals surface area contributed by atoms with Gasteiger partial charge in [0.25, 0.3) is 5.56 Å². The second-order valence-electron chi connectivity index (χ2n) is 6.27. The van der Waals surface area contributed by atoms with Crippen molar-refractivity contribution in [2.75, 3.05) is 0 Å². The number of thiophene rings is 1. The normalized spacial score (nSPS) is 11.4. The summed E-state index contributed by atoms with van der Waals surface area (Å²) >= 11 is 1.55. The summed E-state index contributed by atoms with van der Waals surface area (Å²) in [6.45, 7) is 2.17. The SMILES string of the molecule is CCCCc1c(-c2ccccc2)sc2c(=O)[nH]c3ccc(O)cc3c12. The monoisotopic (exact) mass is 349 g/mol. The molecule has 0 aliphatic heterocycles. The van der Waals surface area contributed by atoms with E-state index in [0.717, 1.165) is 50.7 Å². The zero-order valence-corrected chi connectivity index (χ0v) is 14.8. The molecule has 25 heavy (non-hydrogen) atoms. The van der Waals surface area contributed by atoms with Gasteiger partial charge < -0.3 is 10.1 Å². The minimum absolute atomic E-state index is 0.0573. The van der Waals surface area contributed by atoms with Crippen molar-refractivity contribution in [1.82, 2.24) is 4.98 Å². The van der Waals surface area contributed by atoms with Gasteiger partial charge in [0, 0.05) is 21.2 Å². The minimum atomic E-state index is -0.0573. The molecule has 4 rings (SSSR count). The Morgan fingerprint density at radius 2 is 1.92 bits per heavy atom. The quantitative estimate of drug-likeness (QED) is 0.514. The molecule has 0 unspecified atom stereocenters. The molecular weight excluding hydrogens is 330 g/mol. The first kappa shape index (κ1) is 15.9. The first-order chi connectivity index (χ1) is 12.2. The number of phenols is 1. The third-order valence-electron chi connectivity index (χ3n) is 4.55. The van der Waals surface area contributed by atoms with Crippen LogP contribution in [0.15, 0.2) is 53.3 Å². The van der Waals surface area contributed by atoms with Crippen LogP contribution < -0.4 is 5.56 Å². The maximum atomic E-state index is 12.6. The number of phenolic OH excluding ortho intramolecular Hbond substituents is 1. The molecule has 2 heterocycles. The summed E-state index contributed by atoms with van der Waals surface area (Å²) in [4.78, 5) is 16.8. The van der Waals surface area contributed by atoms with Crippen molar-refractivity contribution in [3.8, 4) is 16.2 Å². The highest BCUT2D eigenvalue weighted by Crippen LogP contribution is 2.41. The molecule has 4 aromatic rings. The lowest BCUT2D eigenvalue weighted by molar-refractivity contribution is 0.476. The molecule has 2 aromatic carbocycles. The van der Waals surface area contributed by atoms with Crippen LogP contribution in [0, 0.1) is 0 Å². The van der Waals surface area contributed by atoms with Crippen LogP contribution in [0.1, 0.15) is 25.3 Å². The van der Waals surface area contributed by atoms with Gasteiger partial charge in [-0.1, -0.05) is 43.7 Å². The highest BCUT2D eigenvalue weighted by molar-refractivity contribution is 7.22. The third-order valence-corrected chi connectivity index (χ3v) is 5.83. The largest absolute Gasteiger partial charge is 0.508 e. The minimum Gasteiger partial charge on any atom is -0.508 e. The van der Waals surface area contributed by atoms with E-state index in [1.165, 1.54) is 5.56 Å². The second-order valence-corrected chi connectivity index (χ2v) is 7.29. The van der Waals surface area contributed by atoms with E-state index in [4.69, 9.17) is 0 Å². The Morgan fingerprint density at radius 1 is 1.12 bits per heavy atom. The van der Waals surface area contributed by atoms with Gasteiger partial charge in [-0.15, -0.1) is 11.3 Å². The molecule has 0 radical (unpaired) electrons. The molecule has 0 aliphatic rings. The first-order valence-electron chi connectivity index (χ1n) is 8.55. The Morgan fingerprint density at radius 3 is 2.68 bits per heavy atom. The third kappa shape index (κ3) is 2.72. The van der Waals surface area contributed by atoms with E-state index in [2.05, 4.69) is 24.0 Å². The fourth-order valence-corrected chi connectivity index (χ4v) is 4.62. The van der Waals surface area contributed by atoms with Gasteiger partial charge in [0.1, 0.15) is 10.4 Å². The lowest BCUT2D eigenvalue weighted by atomic mass is 9.98. The van der Waals surface area contributed by atoms with Crippen LogP contribution in [0.25, 0.3) is 31.4 Å². The summed E-state index contributed by atoms with van der Waals surface area (Å²) in [5.74, 6) is 0.217. The number of aryl methyl sites for hydroxylation is 1. The van der Waals surface area contributed by atoms with Crippen molar-refractivity contribution < 1.29 is 5.11 Å². The fraction of sp³-hybridized carbons (Fsp3) is 0.190. The molecule has 2 N–H and O–H groups in total. The van der Waals surface area contributed by atoms with Gasteiger partial charge in [-0.3, -0.25) is 4.79 Å². The number of aromatic hydroxyl groups is 1. The highest BCUT2D eigenvalue weighted by Gasteiger charge is 2.18. The van der Waals surface area contributed by atoms with Gasteiger partial charge in [0.05, 0.1) is 0 Å². The average Bonchev–Trinajstić information content (AvgIpc) is 3.02. The molecule has 0 atom stereocenters. The van der Waals surface area contributed by atoms with E-state index in [1.54, 1.807) is 29.5 Å². The summed E-state index contributed by atoms with van der Waals surface area (Å²) in [6, 6.07) is 15.4. The van der Waals surface area contributed by atoms with Gasteiger partial charge in [-0.05, 0) is 42.2 Å². The highest BCUT2D eigenvalue weighted by atomic mass is 32.1. The van der Waals surface area contributed by atoms with Crippen LogP contribution in [0.4, 0.5) is 0 Å². The maximum absolute atomic E-state index is 12.6. The van der Waals surface area contributed by atoms with Crippen LogP contribution in [-0.4, -0.2) is 10.1 Å². The number of rotatable bonds is 4. The molecule has 0 aliphatic carbocycles. The molecule has 126 valence electrons. The van der Waals surface area contributed by atoms with Crippen LogP contribution in [0.3, 0.4) is 0 Å². The van der Waals surface area contributed by atoms with Crippen molar-refractivity contribution in [3.63, 3.8) is 0 Å². The standard InChI is InChI=1S/C21H19NO2S/c1-2-3-9-15-18-16-12-14(23)10-11-17(16)22-21(24)20(18)25-19(15)13-7-5-4-6-8-13/h4-8,10-12,23H,2-3,9H2,1H3,(H,22,24). The molecule has 2 aromatic heterocycles. The second kappa shape index (κ2) is 6.37. The number of unbranched alkanes of at least 4 members (excludes halogenated alkanes) is 1. The van der Waals surface area contributed by atoms with Crippen LogP contribution >= 0.6 is 11.3 Å². The smallest absolute Gasteiger partial charge is 0.266 e. The average molecular weight is 349 g/mol. The number of nitrogens with one attached hydrogen (secondary N) is 1. The van der Waals surface area contributed by atoms with E-state index in [9.17, 15) is 9.90 Å². The molecule has 0 bridgehead atoms.